The predicted molar refractivity (Wildman–Crippen MR) is 58.4 cm³/mol. The lowest BCUT2D eigenvalue weighted by Gasteiger charge is -2.20. The molecule has 2 unspecified atom stereocenters. The van der Waals surface area contributed by atoms with Gasteiger partial charge in [0.15, 0.2) is 0 Å². The highest BCUT2D eigenvalue weighted by molar-refractivity contribution is 7.85. The molecule has 0 spiro atoms. The zero-order valence-corrected chi connectivity index (χ0v) is 10.5. The Morgan fingerprint density at radius 2 is 1.93 bits per heavy atom. The summed E-state index contributed by atoms with van der Waals surface area (Å²) in [5.41, 5.74) is 0. The maximum absolute atomic E-state index is 10.3. The molecule has 0 saturated carbocycles. The van der Waals surface area contributed by atoms with Crippen molar-refractivity contribution in [1.82, 2.24) is 0 Å². The van der Waals surface area contributed by atoms with Crippen LogP contribution in [0.1, 0.15) is 46.5 Å². The van der Waals surface area contributed by atoms with E-state index < -0.39 is 16.1 Å². The molecule has 0 fully saturated rings. The van der Waals surface area contributed by atoms with Gasteiger partial charge in [-0.05, 0) is 19.3 Å². The third-order valence-corrected chi connectivity index (χ3v) is 2.86. The molecule has 0 rings (SSSR count). The van der Waals surface area contributed by atoms with Crippen molar-refractivity contribution in [2.75, 3.05) is 5.94 Å². The van der Waals surface area contributed by atoms with Crippen molar-refractivity contribution < 1.29 is 17.7 Å². The fourth-order valence-corrected chi connectivity index (χ4v) is 2.03. The average Bonchev–Trinajstić information content (AvgIpc) is 2.13. The standard InChI is InChI=1S/C10H22O4S/c1-4-6-10(5-2)7-9(3)14-8-15(11,12)13/h9-10H,4-8H2,1-3H3,(H,11,12,13)/p-1. The molecule has 0 aliphatic heterocycles. The molecule has 0 N–H and O–H groups in total. The van der Waals surface area contributed by atoms with Crippen molar-refractivity contribution in [3.8, 4) is 0 Å². The third kappa shape index (κ3) is 8.84. The Morgan fingerprint density at radius 3 is 2.33 bits per heavy atom. The van der Waals surface area contributed by atoms with E-state index >= 15 is 0 Å². The number of hydrogen-bond donors (Lipinski definition) is 0. The molecule has 0 bridgehead atoms. The SMILES string of the molecule is CCCC(CC)CC(C)OCS(=O)(=O)[O-]. The average molecular weight is 237 g/mol. The van der Waals surface area contributed by atoms with E-state index in [4.69, 9.17) is 4.74 Å². The largest absolute Gasteiger partial charge is 0.746 e. The molecule has 0 heterocycles. The molecule has 0 aromatic carbocycles. The molecule has 0 saturated heterocycles. The van der Waals surface area contributed by atoms with E-state index in [2.05, 4.69) is 13.8 Å². The van der Waals surface area contributed by atoms with Crippen LogP contribution < -0.4 is 0 Å². The molecule has 2 atom stereocenters. The minimum absolute atomic E-state index is 0.162. The van der Waals surface area contributed by atoms with E-state index in [9.17, 15) is 13.0 Å². The van der Waals surface area contributed by atoms with Crippen LogP contribution in [0.15, 0.2) is 0 Å². The van der Waals surface area contributed by atoms with E-state index in [1.165, 1.54) is 0 Å². The van der Waals surface area contributed by atoms with E-state index in [0.717, 1.165) is 25.7 Å². The lowest BCUT2D eigenvalue weighted by atomic mass is 9.95. The van der Waals surface area contributed by atoms with Gasteiger partial charge in [0.25, 0.3) is 0 Å². The molecule has 5 heteroatoms. The van der Waals surface area contributed by atoms with Gasteiger partial charge in [-0.2, -0.15) is 0 Å². The van der Waals surface area contributed by atoms with Gasteiger partial charge in [0.2, 0.25) is 0 Å². The maximum atomic E-state index is 10.3. The lowest BCUT2D eigenvalue weighted by Crippen LogP contribution is -2.18. The number of hydrogen-bond acceptors (Lipinski definition) is 4. The first-order valence-electron chi connectivity index (χ1n) is 5.44. The summed E-state index contributed by atoms with van der Waals surface area (Å²) < 4.78 is 36.0. The summed E-state index contributed by atoms with van der Waals surface area (Å²) in [6.07, 6.45) is 3.95. The summed E-state index contributed by atoms with van der Waals surface area (Å²) in [5, 5.41) is 0. The van der Waals surface area contributed by atoms with Crippen LogP contribution in [0.2, 0.25) is 0 Å². The van der Waals surface area contributed by atoms with E-state index in [1.807, 2.05) is 6.92 Å². The highest BCUT2D eigenvalue weighted by Gasteiger charge is 2.11. The summed E-state index contributed by atoms with van der Waals surface area (Å²) in [4.78, 5) is 0. The van der Waals surface area contributed by atoms with Gasteiger partial charge in [0.1, 0.15) is 16.1 Å². The molecule has 0 aromatic rings. The van der Waals surface area contributed by atoms with Gasteiger partial charge < -0.3 is 9.29 Å². The quantitative estimate of drug-likeness (QED) is 0.606. The summed E-state index contributed by atoms with van der Waals surface area (Å²) in [7, 11) is -4.25. The second-order valence-electron chi connectivity index (χ2n) is 3.95. The maximum Gasteiger partial charge on any atom is 0.137 e. The Morgan fingerprint density at radius 1 is 1.33 bits per heavy atom. The Bertz CT molecular complexity index is 248. The second kappa shape index (κ2) is 7.19. The van der Waals surface area contributed by atoms with Crippen LogP contribution in [0.4, 0.5) is 0 Å². The Kier molecular flexibility index (Phi) is 7.13. The summed E-state index contributed by atoms with van der Waals surface area (Å²) in [5.74, 6) is -0.157. The Balaban J connectivity index is 3.85. The first-order valence-corrected chi connectivity index (χ1v) is 7.01. The fraction of sp³-hybridized carbons (Fsp3) is 1.00. The molecular formula is C10H21O4S-. The zero-order valence-electron chi connectivity index (χ0n) is 9.73. The van der Waals surface area contributed by atoms with Crippen molar-refractivity contribution in [2.45, 2.75) is 52.6 Å². The van der Waals surface area contributed by atoms with Gasteiger partial charge in [-0.3, -0.25) is 0 Å². The fourth-order valence-electron chi connectivity index (χ4n) is 1.63. The van der Waals surface area contributed by atoms with E-state index in [1.54, 1.807) is 0 Å². The first-order chi connectivity index (χ1) is 6.89. The molecule has 0 aliphatic carbocycles. The van der Waals surface area contributed by atoms with Crippen LogP contribution in [0.5, 0.6) is 0 Å². The Hall–Kier alpha value is -0.130. The van der Waals surface area contributed by atoms with Crippen LogP contribution in [0, 0.1) is 5.92 Å². The highest BCUT2D eigenvalue weighted by Crippen LogP contribution is 2.18. The smallest absolute Gasteiger partial charge is 0.137 e. The van der Waals surface area contributed by atoms with Gasteiger partial charge in [-0.25, -0.2) is 8.42 Å². The van der Waals surface area contributed by atoms with E-state index in [0.29, 0.717) is 5.92 Å². The zero-order chi connectivity index (χ0) is 11.9. The van der Waals surface area contributed by atoms with Gasteiger partial charge in [0, 0.05) is 0 Å². The summed E-state index contributed by atoms with van der Waals surface area (Å²) in [6, 6.07) is 0. The minimum Gasteiger partial charge on any atom is -0.746 e. The number of rotatable bonds is 8. The van der Waals surface area contributed by atoms with Crippen molar-refractivity contribution in [3.63, 3.8) is 0 Å². The van der Waals surface area contributed by atoms with Crippen molar-refractivity contribution in [2.24, 2.45) is 5.92 Å². The van der Waals surface area contributed by atoms with E-state index in [-0.39, 0.29) is 6.10 Å². The molecular weight excluding hydrogens is 216 g/mol. The van der Waals surface area contributed by atoms with Crippen LogP contribution in [-0.4, -0.2) is 25.0 Å². The predicted octanol–water partition coefficient (Wildman–Crippen LogP) is 2.11. The normalized spacial score (nSPS) is 16.3. The van der Waals surface area contributed by atoms with Gasteiger partial charge in [0.05, 0.1) is 6.10 Å². The van der Waals surface area contributed by atoms with Gasteiger partial charge in [-0.1, -0.05) is 33.1 Å². The Labute approximate surface area is 92.8 Å². The van der Waals surface area contributed by atoms with Gasteiger partial charge >= 0.3 is 0 Å². The molecule has 4 nitrogen and oxygen atoms in total. The van der Waals surface area contributed by atoms with Crippen LogP contribution in [0.25, 0.3) is 0 Å². The first kappa shape index (κ1) is 14.9. The van der Waals surface area contributed by atoms with Crippen molar-refractivity contribution in [3.05, 3.63) is 0 Å². The van der Waals surface area contributed by atoms with Crippen LogP contribution in [0.3, 0.4) is 0 Å². The second-order valence-corrected chi connectivity index (χ2v) is 5.30. The minimum atomic E-state index is -4.25. The topological polar surface area (TPSA) is 66.4 Å². The molecule has 0 aromatic heterocycles. The van der Waals surface area contributed by atoms with Crippen molar-refractivity contribution >= 4 is 10.1 Å². The molecule has 0 radical (unpaired) electrons. The molecule has 15 heavy (non-hydrogen) atoms. The van der Waals surface area contributed by atoms with Crippen LogP contribution >= 0.6 is 0 Å². The van der Waals surface area contributed by atoms with Crippen LogP contribution in [-0.2, 0) is 14.9 Å². The molecule has 0 amide bonds. The van der Waals surface area contributed by atoms with Crippen molar-refractivity contribution in [1.29, 1.82) is 0 Å². The summed E-state index contributed by atoms with van der Waals surface area (Å²) in [6.45, 7) is 6.04. The highest BCUT2D eigenvalue weighted by atomic mass is 32.2. The monoisotopic (exact) mass is 237 g/mol. The third-order valence-electron chi connectivity index (χ3n) is 2.44. The number of ether oxygens (including phenoxy) is 1. The molecule has 92 valence electrons. The lowest BCUT2D eigenvalue weighted by molar-refractivity contribution is 0.0739. The van der Waals surface area contributed by atoms with Gasteiger partial charge in [-0.15, -0.1) is 0 Å². The molecule has 0 aliphatic rings. The summed E-state index contributed by atoms with van der Waals surface area (Å²) >= 11 is 0.